The van der Waals surface area contributed by atoms with E-state index in [1.54, 1.807) is 13.2 Å². The van der Waals surface area contributed by atoms with Gasteiger partial charge >= 0.3 is 0 Å². The molecule has 0 saturated carbocycles. The van der Waals surface area contributed by atoms with Crippen molar-refractivity contribution in [2.45, 2.75) is 19.8 Å². The molecular formula is C13H12BrNO2. The highest BCUT2D eigenvalue weighted by atomic mass is 79.9. The van der Waals surface area contributed by atoms with Crippen LogP contribution in [0.15, 0.2) is 39.4 Å². The molecule has 0 aliphatic heterocycles. The molecule has 0 radical (unpaired) electrons. The second-order valence-corrected chi connectivity index (χ2v) is 4.83. The van der Waals surface area contributed by atoms with Crippen molar-refractivity contribution in [2.24, 2.45) is 0 Å². The topological polar surface area (TPSA) is 43.1 Å². The molecule has 2 aromatic rings. The van der Waals surface area contributed by atoms with E-state index in [1.165, 1.54) is 0 Å². The minimum Gasteiger partial charge on any atom is -0.448 e. The average Bonchev–Trinajstić information content (AvgIpc) is 2.64. The summed E-state index contributed by atoms with van der Waals surface area (Å²) in [6.07, 6.45) is 2.52. The quantitative estimate of drug-likeness (QED) is 0.870. The van der Waals surface area contributed by atoms with Crippen molar-refractivity contribution in [1.29, 1.82) is 0 Å². The molecular weight excluding hydrogens is 282 g/mol. The molecule has 0 atom stereocenters. The predicted molar refractivity (Wildman–Crippen MR) is 67.8 cm³/mol. The zero-order valence-corrected chi connectivity index (χ0v) is 11.0. The largest absolute Gasteiger partial charge is 0.448 e. The standard InChI is InChI=1S/C13H12BrNO2/c1-9(16)5-12-8-17-13(15-12)7-10-3-2-4-11(14)6-10/h2-4,6,8H,5,7H2,1H3. The minimum atomic E-state index is 0.0901. The van der Waals surface area contributed by atoms with Crippen LogP contribution in [0.1, 0.15) is 24.1 Å². The fraction of sp³-hybridized carbons (Fsp3) is 0.231. The van der Waals surface area contributed by atoms with Crippen molar-refractivity contribution in [1.82, 2.24) is 4.98 Å². The summed E-state index contributed by atoms with van der Waals surface area (Å²) in [6.45, 7) is 1.54. The number of benzene rings is 1. The van der Waals surface area contributed by atoms with E-state index in [0.717, 1.165) is 10.0 Å². The Kier molecular flexibility index (Phi) is 3.74. The Labute approximate surface area is 108 Å². The molecule has 0 bridgehead atoms. The maximum absolute atomic E-state index is 10.9. The second-order valence-electron chi connectivity index (χ2n) is 3.92. The van der Waals surface area contributed by atoms with Gasteiger partial charge in [-0.05, 0) is 24.6 Å². The predicted octanol–water partition coefficient (Wildman–Crippen LogP) is 3.16. The first kappa shape index (κ1) is 12.0. The van der Waals surface area contributed by atoms with E-state index < -0.39 is 0 Å². The van der Waals surface area contributed by atoms with Crippen LogP contribution >= 0.6 is 15.9 Å². The Hall–Kier alpha value is -1.42. The zero-order chi connectivity index (χ0) is 12.3. The lowest BCUT2D eigenvalue weighted by Crippen LogP contribution is -1.97. The minimum absolute atomic E-state index is 0.0901. The van der Waals surface area contributed by atoms with Crippen molar-refractivity contribution in [3.63, 3.8) is 0 Å². The van der Waals surface area contributed by atoms with Gasteiger partial charge in [-0.3, -0.25) is 4.79 Å². The van der Waals surface area contributed by atoms with E-state index in [9.17, 15) is 4.79 Å². The van der Waals surface area contributed by atoms with Gasteiger partial charge in [0, 0.05) is 10.9 Å². The maximum atomic E-state index is 10.9. The van der Waals surface area contributed by atoms with Crippen molar-refractivity contribution < 1.29 is 9.21 Å². The second kappa shape index (κ2) is 5.27. The Morgan fingerprint density at radius 1 is 1.47 bits per heavy atom. The smallest absolute Gasteiger partial charge is 0.198 e. The fourth-order valence-electron chi connectivity index (χ4n) is 1.59. The number of halogens is 1. The molecule has 0 amide bonds. The summed E-state index contributed by atoms with van der Waals surface area (Å²) in [6, 6.07) is 7.98. The Balaban J connectivity index is 2.08. The van der Waals surface area contributed by atoms with Crippen LogP contribution in [0.3, 0.4) is 0 Å². The molecule has 0 aliphatic rings. The van der Waals surface area contributed by atoms with Gasteiger partial charge in [0.05, 0.1) is 12.1 Å². The number of Topliss-reactive ketones (excluding diaryl/α,β-unsaturated/α-hetero) is 1. The summed E-state index contributed by atoms with van der Waals surface area (Å²) in [5.74, 6) is 0.728. The molecule has 17 heavy (non-hydrogen) atoms. The van der Waals surface area contributed by atoms with E-state index in [1.807, 2.05) is 24.3 Å². The molecule has 3 nitrogen and oxygen atoms in total. The Morgan fingerprint density at radius 2 is 2.29 bits per heavy atom. The van der Waals surface area contributed by atoms with Crippen LogP contribution in [-0.2, 0) is 17.6 Å². The van der Waals surface area contributed by atoms with E-state index in [2.05, 4.69) is 20.9 Å². The van der Waals surface area contributed by atoms with Crippen LogP contribution in [0, 0.1) is 0 Å². The highest BCUT2D eigenvalue weighted by Crippen LogP contribution is 2.15. The van der Waals surface area contributed by atoms with Gasteiger partial charge in [0.25, 0.3) is 0 Å². The lowest BCUT2D eigenvalue weighted by atomic mass is 10.1. The fourth-order valence-corrected chi connectivity index (χ4v) is 2.03. The molecule has 0 saturated heterocycles. The summed E-state index contributed by atoms with van der Waals surface area (Å²) in [5, 5.41) is 0. The van der Waals surface area contributed by atoms with Crippen molar-refractivity contribution in [2.75, 3.05) is 0 Å². The van der Waals surface area contributed by atoms with Crippen LogP contribution in [0.5, 0.6) is 0 Å². The normalized spacial score (nSPS) is 10.5. The summed E-state index contributed by atoms with van der Waals surface area (Å²) >= 11 is 3.42. The zero-order valence-electron chi connectivity index (χ0n) is 9.44. The number of carbonyl (C=O) groups is 1. The number of hydrogen-bond acceptors (Lipinski definition) is 3. The molecule has 1 heterocycles. The maximum Gasteiger partial charge on any atom is 0.198 e. The number of rotatable bonds is 4. The molecule has 2 rings (SSSR count). The Bertz CT molecular complexity index is 534. The third-order valence-corrected chi connectivity index (χ3v) is 2.77. The van der Waals surface area contributed by atoms with Crippen molar-refractivity contribution in [3.8, 4) is 0 Å². The monoisotopic (exact) mass is 293 g/mol. The van der Waals surface area contributed by atoms with Gasteiger partial charge in [0.15, 0.2) is 5.89 Å². The number of carbonyl (C=O) groups excluding carboxylic acids is 1. The van der Waals surface area contributed by atoms with Crippen LogP contribution in [0.25, 0.3) is 0 Å². The summed E-state index contributed by atoms with van der Waals surface area (Å²) in [4.78, 5) is 15.2. The van der Waals surface area contributed by atoms with Crippen LogP contribution < -0.4 is 0 Å². The molecule has 1 aromatic heterocycles. The number of nitrogens with zero attached hydrogens (tertiary/aromatic N) is 1. The third-order valence-electron chi connectivity index (χ3n) is 2.27. The van der Waals surface area contributed by atoms with Crippen LogP contribution in [-0.4, -0.2) is 10.8 Å². The Morgan fingerprint density at radius 3 is 3.00 bits per heavy atom. The summed E-state index contributed by atoms with van der Waals surface area (Å²) < 4.78 is 6.36. The first-order valence-electron chi connectivity index (χ1n) is 5.30. The van der Waals surface area contributed by atoms with Gasteiger partial charge in [-0.25, -0.2) is 4.98 Å². The van der Waals surface area contributed by atoms with E-state index in [4.69, 9.17) is 4.42 Å². The highest BCUT2D eigenvalue weighted by Gasteiger charge is 2.07. The van der Waals surface area contributed by atoms with Gasteiger partial charge in [0.1, 0.15) is 12.0 Å². The van der Waals surface area contributed by atoms with E-state index in [-0.39, 0.29) is 5.78 Å². The lowest BCUT2D eigenvalue weighted by molar-refractivity contribution is -0.116. The molecule has 1 aromatic carbocycles. The van der Waals surface area contributed by atoms with Gasteiger partial charge in [-0.2, -0.15) is 0 Å². The molecule has 4 heteroatoms. The number of ketones is 1. The molecule has 0 aliphatic carbocycles. The summed E-state index contributed by atoms with van der Waals surface area (Å²) in [7, 11) is 0. The number of aromatic nitrogens is 1. The van der Waals surface area contributed by atoms with Crippen molar-refractivity contribution >= 4 is 21.7 Å². The first-order valence-corrected chi connectivity index (χ1v) is 6.10. The van der Waals surface area contributed by atoms with E-state index >= 15 is 0 Å². The highest BCUT2D eigenvalue weighted by molar-refractivity contribution is 9.10. The average molecular weight is 294 g/mol. The van der Waals surface area contributed by atoms with E-state index in [0.29, 0.717) is 24.4 Å². The van der Waals surface area contributed by atoms with Gasteiger partial charge < -0.3 is 4.42 Å². The van der Waals surface area contributed by atoms with Crippen molar-refractivity contribution in [3.05, 3.63) is 52.1 Å². The molecule has 0 spiro atoms. The van der Waals surface area contributed by atoms with Gasteiger partial charge in [-0.1, -0.05) is 28.1 Å². The molecule has 0 fully saturated rings. The SMILES string of the molecule is CC(=O)Cc1coc(Cc2cccc(Br)c2)n1. The molecule has 0 unspecified atom stereocenters. The van der Waals surface area contributed by atoms with Gasteiger partial charge in [0.2, 0.25) is 0 Å². The first-order chi connectivity index (χ1) is 8.13. The van der Waals surface area contributed by atoms with Gasteiger partial charge in [-0.15, -0.1) is 0 Å². The molecule has 88 valence electrons. The number of oxazole rings is 1. The third kappa shape index (κ3) is 3.53. The van der Waals surface area contributed by atoms with Crippen LogP contribution in [0.2, 0.25) is 0 Å². The lowest BCUT2D eigenvalue weighted by Gasteiger charge is -1.97. The number of hydrogen-bond donors (Lipinski definition) is 0. The van der Waals surface area contributed by atoms with Crippen LogP contribution in [0.4, 0.5) is 0 Å². The molecule has 0 N–H and O–H groups in total. The summed E-state index contributed by atoms with van der Waals surface area (Å²) in [5.41, 5.74) is 1.82.